The van der Waals surface area contributed by atoms with E-state index in [-0.39, 0.29) is 22.4 Å². The minimum atomic E-state index is -4.28. The third-order valence-corrected chi connectivity index (χ3v) is 6.97. The summed E-state index contributed by atoms with van der Waals surface area (Å²) >= 11 is 0. The molecule has 31 heavy (non-hydrogen) atoms. The van der Waals surface area contributed by atoms with E-state index in [1.165, 1.54) is 31.2 Å². The first kappa shape index (κ1) is 22.5. The maximum absolute atomic E-state index is 13.3. The number of nitro groups is 1. The van der Waals surface area contributed by atoms with Gasteiger partial charge < -0.3 is 9.47 Å². The highest BCUT2D eigenvalue weighted by molar-refractivity contribution is 7.92. The molecule has 0 unspecified atom stereocenters. The Bertz CT molecular complexity index is 1060. The number of aryl methyl sites for hydroxylation is 1. The van der Waals surface area contributed by atoms with E-state index in [0.29, 0.717) is 11.3 Å². The molecule has 0 spiro atoms. The number of benzene rings is 2. The number of methoxy groups -OCH3 is 1. The molecule has 2 aromatic carbocycles. The molecular weight excluding hydrogens is 424 g/mol. The van der Waals surface area contributed by atoms with Gasteiger partial charge in [-0.05, 0) is 62.9 Å². The summed E-state index contributed by atoms with van der Waals surface area (Å²) in [6.45, 7) is 0.938. The van der Waals surface area contributed by atoms with Gasteiger partial charge in [0.1, 0.15) is 12.3 Å². The molecule has 2 aromatic rings. The fourth-order valence-electron chi connectivity index (χ4n) is 3.46. The topological polar surface area (TPSA) is 116 Å². The molecule has 0 radical (unpaired) electrons. The summed E-state index contributed by atoms with van der Waals surface area (Å²) < 4.78 is 38.0. The highest BCUT2D eigenvalue weighted by atomic mass is 32.2. The van der Waals surface area contributed by atoms with Crippen LogP contribution in [0.5, 0.6) is 5.75 Å². The number of sulfonamides is 1. The van der Waals surface area contributed by atoms with Gasteiger partial charge in [0.15, 0.2) is 0 Å². The van der Waals surface area contributed by atoms with Crippen LogP contribution in [0, 0.1) is 17.0 Å². The molecule has 1 saturated carbocycles. The fourth-order valence-corrected chi connectivity index (χ4v) is 4.89. The zero-order valence-electron chi connectivity index (χ0n) is 17.3. The van der Waals surface area contributed by atoms with Crippen molar-refractivity contribution in [3.05, 3.63) is 58.1 Å². The first-order valence-electron chi connectivity index (χ1n) is 9.83. The van der Waals surface area contributed by atoms with Gasteiger partial charge in [0, 0.05) is 11.6 Å². The first-order valence-corrected chi connectivity index (χ1v) is 11.3. The van der Waals surface area contributed by atoms with Crippen molar-refractivity contribution in [1.82, 2.24) is 0 Å². The number of carbonyl (C=O) groups is 1. The molecule has 0 amide bonds. The Morgan fingerprint density at radius 3 is 2.39 bits per heavy atom. The fraction of sp³-hybridized carbons (Fsp3) is 0.381. The molecule has 0 saturated heterocycles. The van der Waals surface area contributed by atoms with E-state index in [0.717, 1.165) is 43.2 Å². The maximum Gasteiger partial charge on any atom is 0.326 e. The Labute approximate surface area is 180 Å². The van der Waals surface area contributed by atoms with Gasteiger partial charge in [0.2, 0.25) is 0 Å². The zero-order chi connectivity index (χ0) is 22.6. The lowest BCUT2D eigenvalue weighted by Crippen LogP contribution is -2.36. The number of anilines is 1. The standard InChI is InChI=1S/C21H24N2O7S/c1-15-7-12-19(13-20(15)23(25)26)31(27,28)22(14-21(24)29-2)16-8-10-18(11-9-16)30-17-5-3-4-6-17/h7-13,17H,3-6,14H2,1-2H3. The van der Waals surface area contributed by atoms with E-state index < -0.39 is 27.5 Å². The van der Waals surface area contributed by atoms with E-state index in [4.69, 9.17) is 4.74 Å². The van der Waals surface area contributed by atoms with E-state index >= 15 is 0 Å². The Morgan fingerprint density at radius 2 is 1.81 bits per heavy atom. The summed E-state index contributed by atoms with van der Waals surface area (Å²) in [4.78, 5) is 22.3. The van der Waals surface area contributed by atoms with E-state index in [1.807, 2.05) is 0 Å². The van der Waals surface area contributed by atoms with E-state index in [2.05, 4.69) is 4.74 Å². The van der Waals surface area contributed by atoms with Crippen LogP contribution in [-0.4, -0.2) is 39.1 Å². The Kier molecular flexibility index (Phi) is 6.79. The molecular formula is C21H24N2O7S. The van der Waals surface area contributed by atoms with E-state index in [9.17, 15) is 23.3 Å². The predicted molar refractivity (Wildman–Crippen MR) is 114 cm³/mol. The van der Waals surface area contributed by atoms with Crippen LogP contribution in [0.25, 0.3) is 0 Å². The Morgan fingerprint density at radius 1 is 1.16 bits per heavy atom. The number of ether oxygens (including phenoxy) is 2. The van der Waals surface area contributed by atoms with Gasteiger partial charge in [0.05, 0.1) is 28.7 Å². The molecule has 10 heteroatoms. The van der Waals surface area contributed by atoms with Crippen molar-refractivity contribution in [3.63, 3.8) is 0 Å². The number of hydrogen-bond acceptors (Lipinski definition) is 7. The average Bonchev–Trinajstić information content (AvgIpc) is 3.25. The van der Waals surface area contributed by atoms with Crippen LogP contribution in [0.15, 0.2) is 47.4 Å². The van der Waals surface area contributed by atoms with Crippen molar-refractivity contribution in [3.8, 4) is 5.75 Å². The van der Waals surface area contributed by atoms with Crippen LogP contribution < -0.4 is 9.04 Å². The first-order chi connectivity index (χ1) is 14.7. The molecule has 1 fully saturated rings. The van der Waals surface area contributed by atoms with Crippen molar-refractivity contribution in [2.75, 3.05) is 18.0 Å². The minimum Gasteiger partial charge on any atom is -0.490 e. The van der Waals surface area contributed by atoms with Gasteiger partial charge in [-0.15, -0.1) is 0 Å². The van der Waals surface area contributed by atoms with Crippen molar-refractivity contribution in [2.45, 2.75) is 43.6 Å². The normalized spacial score (nSPS) is 14.3. The largest absolute Gasteiger partial charge is 0.490 e. The molecule has 3 rings (SSSR count). The monoisotopic (exact) mass is 448 g/mol. The van der Waals surface area contributed by atoms with Crippen molar-refractivity contribution in [1.29, 1.82) is 0 Å². The van der Waals surface area contributed by atoms with Gasteiger partial charge in [-0.3, -0.25) is 19.2 Å². The van der Waals surface area contributed by atoms with Gasteiger partial charge in [0.25, 0.3) is 15.7 Å². The van der Waals surface area contributed by atoms with Crippen LogP contribution in [-0.2, 0) is 19.6 Å². The highest BCUT2D eigenvalue weighted by Crippen LogP contribution is 2.30. The summed E-state index contributed by atoms with van der Waals surface area (Å²) in [5, 5.41) is 11.3. The molecule has 1 aliphatic rings. The number of nitrogens with zero attached hydrogens (tertiary/aromatic N) is 2. The van der Waals surface area contributed by atoms with Crippen LogP contribution in [0.2, 0.25) is 0 Å². The Hall–Kier alpha value is -3.14. The molecule has 0 N–H and O–H groups in total. The summed E-state index contributed by atoms with van der Waals surface area (Å²) in [6.07, 6.45) is 4.36. The molecule has 0 aliphatic heterocycles. The smallest absolute Gasteiger partial charge is 0.326 e. The maximum atomic E-state index is 13.3. The Balaban J connectivity index is 1.95. The average molecular weight is 448 g/mol. The van der Waals surface area contributed by atoms with Crippen LogP contribution in [0.1, 0.15) is 31.2 Å². The molecule has 0 atom stereocenters. The second-order valence-electron chi connectivity index (χ2n) is 7.31. The SMILES string of the molecule is COC(=O)CN(c1ccc(OC2CCCC2)cc1)S(=O)(=O)c1ccc(C)c([N+](=O)[O-])c1. The van der Waals surface area contributed by atoms with Gasteiger partial charge in [-0.2, -0.15) is 0 Å². The summed E-state index contributed by atoms with van der Waals surface area (Å²) in [5.74, 6) is -0.159. The number of nitro benzene ring substituents is 1. The van der Waals surface area contributed by atoms with Crippen molar-refractivity contribution in [2.24, 2.45) is 0 Å². The van der Waals surface area contributed by atoms with Crippen molar-refractivity contribution < 1.29 is 27.6 Å². The van der Waals surface area contributed by atoms with Crippen LogP contribution in [0.3, 0.4) is 0 Å². The summed E-state index contributed by atoms with van der Waals surface area (Å²) in [6, 6.07) is 9.99. The minimum absolute atomic E-state index is 0.147. The second kappa shape index (κ2) is 9.34. The van der Waals surface area contributed by atoms with Gasteiger partial charge in [-0.25, -0.2) is 8.42 Å². The lowest BCUT2D eigenvalue weighted by molar-refractivity contribution is -0.385. The van der Waals surface area contributed by atoms with Gasteiger partial charge in [-0.1, -0.05) is 6.07 Å². The molecule has 0 bridgehead atoms. The summed E-state index contributed by atoms with van der Waals surface area (Å²) in [5.41, 5.74) is 0.226. The number of carbonyl (C=O) groups excluding carboxylic acids is 1. The summed E-state index contributed by atoms with van der Waals surface area (Å²) in [7, 11) is -3.12. The quantitative estimate of drug-likeness (QED) is 0.344. The second-order valence-corrected chi connectivity index (χ2v) is 9.17. The molecule has 166 valence electrons. The molecule has 0 heterocycles. The molecule has 1 aliphatic carbocycles. The van der Waals surface area contributed by atoms with Crippen LogP contribution >= 0.6 is 0 Å². The molecule has 9 nitrogen and oxygen atoms in total. The molecule has 0 aromatic heterocycles. The predicted octanol–water partition coefficient (Wildman–Crippen LogP) is 3.59. The number of rotatable bonds is 8. The van der Waals surface area contributed by atoms with Crippen LogP contribution in [0.4, 0.5) is 11.4 Å². The zero-order valence-corrected chi connectivity index (χ0v) is 18.1. The lowest BCUT2D eigenvalue weighted by atomic mass is 10.2. The third-order valence-electron chi connectivity index (χ3n) is 5.20. The number of hydrogen-bond donors (Lipinski definition) is 0. The third kappa shape index (κ3) is 5.13. The highest BCUT2D eigenvalue weighted by Gasteiger charge is 2.29. The lowest BCUT2D eigenvalue weighted by Gasteiger charge is -2.24. The van der Waals surface area contributed by atoms with Crippen molar-refractivity contribution >= 4 is 27.4 Å². The number of esters is 1. The van der Waals surface area contributed by atoms with E-state index in [1.54, 1.807) is 12.1 Å². The van der Waals surface area contributed by atoms with Gasteiger partial charge >= 0.3 is 5.97 Å².